The number of aromatic nitrogens is 2. The molecule has 2 aromatic heterocycles. The minimum atomic E-state index is 0.427. The Morgan fingerprint density at radius 2 is 2.33 bits per heavy atom. The summed E-state index contributed by atoms with van der Waals surface area (Å²) >= 11 is 1.54. The summed E-state index contributed by atoms with van der Waals surface area (Å²) in [5.41, 5.74) is 1.80. The van der Waals surface area contributed by atoms with Crippen LogP contribution < -0.4 is 0 Å². The summed E-state index contributed by atoms with van der Waals surface area (Å²) in [6.45, 7) is 1.93. The first kappa shape index (κ1) is 9.81. The molecule has 0 aromatic carbocycles. The second kappa shape index (κ2) is 4.20. The van der Waals surface area contributed by atoms with Crippen LogP contribution in [0, 0.1) is 18.3 Å². The summed E-state index contributed by atoms with van der Waals surface area (Å²) in [5.74, 6) is 0. The number of pyridine rings is 1. The zero-order valence-electron chi connectivity index (χ0n) is 8.27. The predicted octanol–water partition coefficient (Wildman–Crippen LogP) is 2.58. The second-order valence-corrected chi connectivity index (χ2v) is 4.16. The lowest BCUT2D eigenvalue weighted by Gasteiger charge is -1.91. The van der Waals surface area contributed by atoms with Crippen LogP contribution in [-0.4, -0.2) is 9.97 Å². The monoisotopic (exact) mass is 215 g/mol. The fraction of sp³-hybridized carbons (Fsp3) is 0.182. The van der Waals surface area contributed by atoms with E-state index in [0.29, 0.717) is 6.42 Å². The van der Waals surface area contributed by atoms with Crippen LogP contribution in [0.1, 0.15) is 10.6 Å². The van der Waals surface area contributed by atoms with Crippen molar-refractivity contribution in [1.29, 1.82) is 5.26 Å². The molecule has 2 aromatic rings. The molecule has 74 valence electrons. The molecule has 0 atom stereocenters. The Labute approximate surface area is 92.1 Å². The van der Waals surface area contributed by atoms with Crippen molar-refractivity contribution in [2.75, 3.05) is 0 Å². The molecule has 15 heavy (non-hydrogen) atoms. The van der Waals surface area contributed by atoms with Gasteiger partial charge in [0.25, 0.3) is 0 Å². The third-order valence-corrected chi connectivity index (χ3v) is 3.20. The number of hydrogen-bond acceptors (Lipinski definition) is 4. The van der Waals surface area contributed by atoms with Crippen molar-refractivity contribution < 1.29 is 0 Å². The molecule has 0 bridgehead atoms. The molecule has 0 N–H and O–H groups in total. The van der Waals surface area contributed by atoms with E-state index in [1.165, 1.54) is 0 Å². The molecule has 0 radical (unpaired) electrons. The van der Waals surface area contributed by atoms with Crippen molar-refractivity contribution in [3.05, 3.63) is 35.0 Å². The maximum atomic E-state index is 8.64. The molecule has 0 amide bonds. The Hall–Kier alpha value is -1.73. The molecular weight excluding hydrogens is 206 g/mol. The first-order valence-electron chi connectivity index (χ1n) is 4.56. The van der Waals surface area contributed by atoms with Crippen LogP contribution in [0.25, 0.3) is 10.7 Å². The van der Waals surface area contributed by atoms with Crippen LogP contribution >= 0.6 is 11.3 Å². The number of thiazole rings is 1. The first-order chi connectivity index (χ1) is 7.31. The molecule has 2 heterocycles. The van der Waals surface area contributed by atoms with Crippen LogP contribution in [0.4, 0.5) is 0 Å². The van der Waals surface area contributed by atoms with E-state index in [9.17, 15) is 0 Å². The summed E-state index contributed by atoms with van der Waals surface area (Å²) in [4.78, 5) is 9.66. The van der Waals surface area contributed by atoms with E-state index in [1.54, 1.807) is 17.5 Å². The van der Waals surface area contributed by atoms with Gasteiger partial charge in [0.1, 0.15) is 5.01 Å². The normalized spacial score (nSPS) is 9.87. The van der Waals surface area contributed by atoms with Crippen LogP contribution in [0.15, 0.2) is 24.4 Å². The van der Waals surface area contributed by atoms with Gasteiger partial charge in [0.15, 0.2) is 0 Å². The van der Waals surface area contributed by atoms with E-state index < -0.39 is 0 Å². The Kier molecular flexibility index (Phi) is 2.75. The lowest BCUT2D eigenvalue weighted by Crippen LogP contribution is -1.81. The van der Waals surface area contributed by atoms with Crippen molar-refractivity contribution in [2.45, 2.75) is 13.3 Å². The lowest BCUT2D eigenvalue weighted by atomic mass is 10.3. The highest BCUT2D eigenvalue weighted by molar-refractivity contribution is 7.15. The number of nitrogens with zero attached hydrogens (tertiary/aromatic N) is 3. The molecule has 3 nitrogen and oxygen atoms in total. The third-order valence-electron chi connectivity index (χ3n) is 2.02. The van der Waals surface area contributed by atoms with Gasteiger partial charge in [-0.2, -0.15) is 5.26 Å². The highest BCUT2D eigenvalue weighted by atomic mass is 32.1. The number of rotatable bonds is 2. The van der Waals surface area contributed by atoms with E-state index in [1.807, 2.05) is 25.1 Å². The van der Waals surface area contributed by atoms with Crippen molar-refractivity contribution in [1.82, 2.24) is 9.97 Å². The highest BCUT2D eigenvalue weighted by Crippen LogP contribution is 2.26. The summed E-state index contributed by atoms with van der Waals surface area (Å²) in [6.07, 6.45) is 2.17. The molecule has 0 fully saturated rings. The van der Waals surface area contributed by atoms with Gasteiger partial charge in [-0.1, -0.05) is 6.07 Å². The number of hydrogen-bond donors (Lipinski definition) is 0. The fourth-order valence-corrected chi connectivity index (χ4v) is 2.23. The minimum absolute atomic E-state index is 0.427. The molecule has 0 saturated heterocycles. The Morgan fingerprint density at radius 3 is 3.00 bits per heavy atom. The van der Waals surface area contributed by atoms with Crippen molar-refractivity contribution >= 4 is 11.3 Å². The van der Waals surface area contributed by atoms with Crippen molar-refractivity contribution in [2.24, 2.45) is 0 Å². The largest absolute Gasteiger partial charge is 0.254 e. The SMILES string of the molecule is Cc1nc(-c2ccccn2)sc1CC#N. The van der Waals surface area contributed by atoms with E-state index >= 15 is 0 Å². The van der Waals surface area contributed by atoms with E-state index in [0.717, 1.165) is 21.3 Å². The summed E-state index contributed by atoms with van der Waals surface area (Å²) < 4.78 is 0. The van der Waals surface area contributed by atoms with Gasteiger partial charge >= 0.3 is 0 Å². The van der Waals surface area contributed by atoms with Gasteiger partial charge < -0.3 is 0 Å². The average Bonchev–Trinajstić information content (AvgIpc) is 2.63. The standard InChI is InChI=1S/C11H9N3S/c1-8-10(5-6-12)15-11(14-8)9-4-2-3-7-13-9/h2-4,7H,5H2,1H3. The van der Waals surface area contributed by atoms with Crippen LogP contribution in [0.5, 0.6) is 0 Å². The third kappa shape index (κ3) is 2.03. The summed E-state index contributed by atoms with van der Waals surface area (Å²) in [5, 5.41) is 9.52. The maximum absolute atomic E-state index is 8.64. The van der Waals surface area contributed by atoms with E-state index in [2.05, 4.69) is 16.0 Å². The Morgan fingerprint density at radius 1 is 1.47 bits per heavy atom. The molecular formula is C11H9N3S. The van der Waals surface area contributed by atoms with E-state index in [4.69, 9.17) is 5.26 Å². The minimum Gasteiger partial charge on any atom is -0.254 e. The van der Waals surface area contributed by atoms with Crippen LogP contribution in [0.3, 0.4) is 0 Å². The molecule has 0 saturated carbocycles. The Bertz CT molecular complexity index is 496. The van der Waals surface area contributed by atoms with E-state index in [-0.39, 0.29) is 0 Å². The maximum Gasteiger partial charge on any atom is 0.142 e. The van der Waals surface area contributed by atoms with Gasteiger partial charge in [-0.3, -0.25) is 4.98 Å². The molecule has 4 heteroatoms. The molecule has 2 rings (SSSR count). The molecule has 0 unspecified atom stereocenters. The molecule has 0 aliphatic rings. The van der Waals surface area contributed by atoms with Gasteiger partial charge in [-0.15, -0.1) is 11.3 Å². The predicted molar refractivity (Wildman–Crippen MR) is 59.4 cm³/mol. The number of nitriles is 1. The smallest absolute Gasteiger partial charge is 0.142 e. The van der Waals surface area contributed by atoms with Crippen LogP contribution in [0.2, 0.25) is 0 Å². The quantitative estimate of drug-likeness (QED) is 0.773. The van der Waals surface area contributed by atoms with Gasteiger partial charge in [-0.05, 0) is 19.1 Å². The molecule has 0 spiro atoms. The van der Waals surface area contributed by atoms with Gasteiger partial charge in [-0.25, -0.2) is 4.98 Å². The van der Waals surface area contributed by atoms with Crippen LogP contribution in [-0.2, 0) is 6.42 Å². The van der Waals surface area contributed by atoms with Gasteiger partial charge in [0, 0.05) is 11.1 Å². The first-order valence-corrected chi connectivity index (χ1v) is 5.37. The molecule has 0 aliphatic carbocycles. The van der Waals surface area contributed by atoms with Gasteiger partial charge in [0.2, 0.25) is 0 Å². The second-order valence-electron chi connectivity index (χ2n) is 3.08. The summed E-state index contributed by atoms with van der Waals surface area (Å²) in [7, 11) is 0. The van der Waals surface area contributed by atoms with Crippen molar-refractivity contribution in [3.8, 4) is 16.8 Å². The topological polar surface area (TPSA) is 49.6 Å². The average molecular weight is 215 g/mol. The van der Waals surface area contributed by atoms with Gasteiger partial charge in [0.05, 0.1) is 23.9 Å². The number of aryl methyl sites for hydroxylation is 1. The lowest BCUT2D eigenvalue weighted by molar-refractivity contribution is 1.17. The highest BCUT2D eigenvalue weighted by Gasteiger charge is 2.09. The summed E-state index contributed by atoms with van der Waals surface area (Å²) in [6, 6.07) is 7.87. The Balaban J connectivity index is 2.40. The fourth-order valence-electron chi connectivity index (χ4n) is 1.26. The van der Waals surface area contributed by atoms with Crippen molar-refractivity contribution in [3.63, 3.8) is 0 Å². The molecule has 0 aliphatic heterocycles. The zero-order chi connectivity index (χ0) is 10.7. The zero-order valence-corrected chi connectivity index (χ0v) is 9.08.